The first-order valence-corrected chi connectivity index (χ1v) is 6.67. The Morgan fingerprint density at radius 2 is 2.32 bits per heavy atom. The van der Waals surface area contributed by atoms with Crippen molar-refractivity contribution in [2.24, 2.45) is 0 Å². The number of halogens is 1. The lowest BCUT2D eigenvalue weighted by Crippen LogP contribution is -2.21. The molecule has 2 N–H and O–H groups in total. The molecule has 0 radical (unpaired) electrons. The Morgan fingerprint density at radius 3 is 2.95 bits per heavy atom. The molecular formula is C14H18ClN3O. The highest BCUT2D eigenvalue weighted by molar-refractivity contribution is 6.30. The van der Waals surface area contributed by atoms with Gasteiger partial charge in [-0.2, -0.15) is 0 Å². The minimum absolute atomic E-state index is 0.193. The van der Waals surface area contributed by atoms with Crippen LogP contribution in [0, 0.1) is 0 Å². The van der Waals surface area contributed by atoms with Crippen LogP contribution in [0.5, 0.6) is 5.75 Å². The Bertz CT molecular complexity index is 513. The molecule has 0 aliphatic rings. The molecule has 5 heteroatoms. The number of nitrogens with zero attached hydrogens (tertiary/aromatic N) is 1. The average molecular weight is 280 g/mol. The van der Waals surface area contributed by atoms with Crippen molar-refractivity contribution in [1.29, 1.82) is 0 Å². The number of H-pyrrole nitrogens is 1. The molecule has 0 fully saturated rings. The maximum atomic E-state index is 6.02. The molecule has 1 aromatic carbocycles. The van der Waals surface area contributed by atoms with Gasteiger partial charge in [-0.1, -0.05) is 18.5 Å². The van der Waals surface area contributed by atoms with E-state index in [4.69, 9.17) is 16.3 Å². The van der Waals surface area contributed by atoms with Gasteiger partial charge in [-0.15, -0.1) is 0 Å². The first-order chi connectivity index (χ1) is 9.24. The minimum atomic E-state index is 0.193. The van der Waals surface area contributed by atoms with Crippen LogP contribution < -0.4 is 10.1 Å². The molecule has 0 amide bonds. The molecule has 19 heavy (non-hydrogen) atoms. The summed E-state index contributed by atoms with van der Waals surface area (Å²) in [7, 11) is 1.66. The van der Waals surface area contributed by atoms with Crippen molar-refractivity contribution in [1.82, 2.24) is 15.3 Å². The maximum absolute atomic E-state index is 6.02. The van der Waals surface area contributed by atoms with Crippen LogP contribution in [0.4, 0.5) is 0 Å². The lowest BCUT2D eigenvalue weighted by molar-refractivity contribution is 0.403. The molecule has 1 aromatic heterocycles. The fourth-order valence-electron chi connectivity index (χ4n) is 2.02. The molecule has 4 nitrogen and oxygen atoms in total. The lowest BCUT2D eigenvalue weighted by atomic mass is 10.1. The zero-order valence-corrected chi connectivity index (χ0v) is 11.9. The summed E-state index contributed by atoms with van der Waals surface area (Å²) in [5.74, 6) is 1.79. The predicted octanol–water partition coefficient (Wildman–Crippen LogP) is 3.31. The van der Waals surface area contributed by atoms with Crippen LogP contribution in [0.15, 0.2) is 30.6 Å². The highest BCUT2D eigenvalue weighted by atomic mass is 35.5. The Labute approximate surface area is 118 Å². The smallest absolute Gasteiger partial charge is 0.123 e. The first kappa shape index (κ1) is 13.9. The molecule has 1 unspecified atom stereocenters. The summed E-state index contributed by atoms with van der Waals surface area (Å²) in [5.41, 5.74) is 1.04. The molecule has 1 heterocycles. The van der Waals surface area contributed by atoms with E-state index in [1.807, 2.05) is 24.4 Å². The van der Waals surface area contributed by atoms with Crippen molar-refractivity contribution in [3.63, 3.8) is 0 Å². The molecule has 0 saturated carbocycles. The number of benzene rings is 1. The van der Waals surface area contributed by atoms with E-state index in [1.54, 1.807) is 13.3 Å². The minimum Gasteiger partial charge on any atom is -0.496 e. The van der Waals surface area contributed by atoms with E-state index in [-0.39, 0.29) is 6.04 Å². The zero-order valence-electron chi connectivity index (χ0n) is 11.1. The van der Waals surface area contributed by atoms with Crippen molar-refractivity contribution in [3.05, 3.63) is 47.0 Å². The van der Waals surface area contributed by atoms with E-state index < -0.39 is 0 Å². The number of methoxy groups -OCH3 is 1. The van der Waals surface area contributed by atoms with E-state index in [0.717, 1.165) is 23.6 Å². The van der Waals surface area contributed by atoms with Gasteiger partial charge in [-0.3, -0.25) is 0 Å². The summed E-state index contributed by atoms with van der Waals surface area (Å²) >= 11 is 6.02. The molecule has 0 aliphatic carbocycles. The molecule has 0 aliphatic heterocycles. The summed E-state index contributed by atoms with van der Waals surface area (Å²) < 4.78 is 5.33. The first-order valence-electron chi connectivity index (χ1n) is 6.29. The highest BCUT2D eigenvalue weighted by Crippen LogP contribution is 2.23. The van der Waals surface area contributed by atoms with Crippen molar-refractivity contribution in [3.8, 4) is 5.75 Å². The van der Waals surface area contributed by atoms with Gasteiger partial charge in [0, 0.05) is 29.5 Å². The van der Waals surface area contributed by atoms with Crippen LogP contribution in [0.2, 0.25) is 5.02 Å². The SMILES string of the molecule is CCC(NCc1cc(Cl)ccc1OC)c1ncc[nH]1. The third-order valence-corrected chi connectivity index (χ3v) is 3.27. The van der Waals surface area contributed by atoms with Crippen LogP contribution >= 0.6 is 11.6 Å². The summed E-state index contributed by atoms with van der Waals surface area (Å²) in [5, 5.41) is 4.17. The third-order valence-electron chi connectivity index (χ3n) is 3.04. The monoisotopic (exact) mass is 279 g/mol. The van der Waals surface area contributed by atoms with Crippen molar-refractivity contribution < 1.29 is 4.74 Å². The van der Waals surface area contributed by atoms with Crippen LogP contribution in [-0.2, 0) is 6.54 Å². The fraction of sp³-hybridized carbons (Fsp3) is 0.357. The average Bonchev–Trinajstić information content (AvgIpc) is 2.94. The number of nitrogens with one attached hydrogen (secondary N) is 2. The summed E-state index contributed by atoms with van der Waals surface area (Å²) in [6.45, 7) is 2.80. The van der Waals surface area contributed by atoms with E-state index in [1.165, 1.54) is 0 Å². The quantitative estimate of drug-likeness (QED) is 0.853. The standard InChI is InChI=1S/C14H18ClN3O/c1-3-12(14-16-6-7-17-14)18-9-10-8-11(15)4-5-13(10)19-2/h4-8,12,18H,3,9H2,1-2H3,(H,16,17). The highest BCUT2D eigenvalue weighted by Gasteiger charge is 2.12. The van der Waals surface area contributed by atoms with Crippen LogP contribution in [-0.4, -0.2) is 17.1 Å². The molecule has 0 saturated heterocycles. The number of imidazole rings is 1. The van der Waals surface area contributed by atoms with Gasteiger partial charge in [-0.05, 0) is 24.6 Å². The van der Waals surface area contributed by atoms with Gasteiger partial charge in [-0.25, -0.2) is 4.98 Å². The molecular weight excluding hydrogens is 262 g/mol. The van der Waals surface area contributed by atoms with Crippen LogP contribution in [0.3, 0.4) is 0 Å². The number of aromatic nitrogens is 2. The molecule has 1 atom stereocenters. The Balaban J connectivity index is 2.07. The largest absolute Gasteiger partial charge is 0.496 e. The Kier molecular flexibility index (Phi) is 4.82. The molecule has 2 rings (SSSR count). The predicted molar refractivity (Wildman–Crippen MR) is 76.5 cm³/mol. The van der Waals surface area contributed by atoms with Crippen molar-refractivity contribution in [2.45, 2.75) is 25.9 Å². The molecule has 0 spiro atoms. The number of rotatable bonds is 6. The molecule has 102 valence electrons. The summed E-state index contributed by atoms with van der Waals surface area (Å²) in [6.07, 6.45) is 4.55. The van der Waals surface area contributed by atoms with E-state index in [0.29, 0.717) is 11.6 Å². The van der Waals surface area contributed by atoms with E-state index in [2.05, 4.69) is 22.2 Å². The van der Waals surface area contributed by atoms with Crippen molar-refractivity contribution >= 4 is 11.6 Å². The van der Waals surface area contributed by atoms with Crippen LogP contribution in [0.25, 0.3) is 0 Å². The van der Waals surface area contributed by atoms with Gasteiger partial charge in [0.05, 0.1) is 13.2 Å². The molecule has 0 bridgehead atoms. The topological polar surface area (TPSA) is 49.9 Å². The summed E-state index contributed by atoms with van der Waals surface area (Å²) in [6, 6.07) is 5.82. The van der Waals surface area contributed by atoms with Gasteiger partial charge < -0.3 is 15.0 Å². The van der Waals surface area contributed by atoms with Gasteiger partial charge >= 0.3 is 0 Å². The van der Waals surface area contributed by atoms with Gasteiger partial charge in [0.15, 0.2) is 0 Å². The lowest BCUT2D eigenvalue weighted by Gasteiger charge is -2.16. The van der Waals surface area contributed by atoms with Gasteiger partial charge in [0.25, 0.3) is 0 Å². The van der Waals surface area contributed by atoms with Crippen molar-refractivity contribution in [2.75, 3.05) is 7.11 Å². The second-order valence-electron chi connectivity index (χ2n) is 4.27. The Hall–Kier alpha value is -1.52. The van der Waals surface area contributed by atoms with E-state index >= 15 is 0 Å². The van der Waals surface area contributed by atoms with Crippen LogP contribution in [0.1, 0.15) is 30.8 Å². The van der Waals surface area contributed by atoms with Gasteiger partial charge in [0.1, 0.15) is 11.6 Å². The normalized spacial score (nSPS) is 12.4. The second-order valence-corrected chi connectivity index (χ2v) is 4.71. The Morgan fingerprint density at radius 1 is 1.47 bits per heavy atom. The third kappa shape index (κ3) is 3.49. The number of ether oxygens (including phenoxy) is 1. The maximum Gasteiger partial charge on any atom is 0.123 e. The number of aromatic amines is 1. The summed E-state index contributed by atoms with van der Waals surface area (Å²) in [4.78, 5) is 7.42. The van der Waals surface area contributed by atoms with Gasteiger partial charge in [0.2, 0.25) is 0 Å². The zero-order chi connectivity index (χ0) is 13.7. The second kappa shape index (κ2) is 6.59. The van der Waals surface area contributed by atoms with E-state index in [9.17, 15) is 0 Å². The fourth-order valence-corrected chi connectivity index (χ4v) is 2.22. The number of hydrogen-bond acceptors (Lipinski definition) is 3. The molecule has 2 aromatic rings. The number of hydrogen-bond donors (Lipinski definition) is 2.